The fraction of sp³-hybridized carbons (Fsp3) is 0.267. The minimum absolute atomic E-state index is 0.0959. The predicted octanol–water partition coefficient (Wildman–Crippen LogP) is 2.75. The van der Waals surface area contributed by atoms with Crippen molar-refractivity contribution in [3.8, 4) is 0 Å². The first-order chi connectivity index (χ1) is 10.6. The molecule has 0 saturated carbocycles. The second kappa shape index (κ2) is 5.97. The Labute approximate surface area is 126 Å². The predicted molar refractivity (Wildman–Crippen MR) is 79.2 cm³/mol. The van der Waals surface area contributed by atoms with Crippen LogP contribution in [0, 0.1) is 5.82 Å². The van der Waals surface area contributed by atoms with E-state index in [2.05, 4.69) is 15.3 Å². The minimum atomic E-state index is -0.406. The lowest BCUT2D eigenvalue weighted by molar-refractivity contribution is 0.181. The highest BCUT2D eigenvalue weighted by molar-refractivity contribution is 5.88. The van der Waals surface area contributed by atoms with Crippen LogP contribution in [0.3, 0.4) is 0 Å². The fourth-order valence-corrected chi connectivity index (χ4v) is 2.20. The summed E-state index contributed by atoms with van der Waals surface area (Å²) in [6.45, 7) is 2.76. The first kappa shape index (κ1) is 14.2. The third-order valence-corrected chi connectivity index (χ3v) is 3.39. The van der Waals surface area contributed by atoms with Gasteiger partial charge < -0.3 is 10.1 Å². The molecule has 1 atom stereocenters. The van der Waals surface area contributed by atoms with E-state index in [1.54, 1.807) is 24.4 Å². The maximum absolute atomic E-state index is 12.9. The van der Waals surface area contributed by atoms with Crippen LogP contribution in [-0.2, 0) is 4.74 Å². The van der Waals surface area contributed by atoms with Crippen LogP contribution < -0.4 is 10.2 Å². The second-order valence-electron chi connectivity index (χ2n) is 4.92. The van der Waals surface area contributed by atoms with Crippen LogP contribution in [0.1, 0.15) is 18.5 Å². The van der Waals surface area contributed by atoms with Crippen molar-refractivity contribution < 1.29 is 13.9 Å². The molecule has 114 valence electrons. The van der Waals surface area contributed by atoms with Crippen molar-refractivity contribution in [2.24, 2.45) is 0 Å². The maximum atomic E-state index is 12.9. The average molecular weight is 302 g/mol. The largest absolute Gasteiger partial charge is 0.447 e. The number of nitrogens with one attached hydrogen (secondary N) is 1. The number of hydrogen-bond donors (Lipinski definition) is 1. The third kappa shape index (κ3) is 2.98. The number of amides is 1. The summed E-state index contributed by atoms with van der Waals surface area (Å²) in [5, 5.41) is 3.13. The molecule has 3 rings (SSSR count). The van der Waals surface area contributed by atoms with Gasteiger partial charge in [-0.1, -0.05) is 12.1 Å². The molecule has 1 aliphatic heterocycles. The zero-order valence-corrected chi connectivity index (χ0v) is 12.0. The van der Waals surface area contributed by atoms with Gasteiger partial charge in [0.05, 0.1) is 12.6 Å². The average Bonchev–Trinajstić information content (AvgIpc) is 2.94. The number of anilines is 2. The number of nitrogens with zero attached hydrogens (tertiary/aromatic N) is 3. The second-order valence-corrected chi connectivity index (χ2v) is 4.92. The highest BCUT2D eigenvalue weighted by Gasteiger charge is 2.25. The number of benzene rings is 1. The summed E-state index contributed by atoms with van der Waals surface area (Å²) < 4.78 is 17.8. The van der Waals surface area contributed by atoms with Crippen molar-refractivity contribution >= 4 is 17.9 Å². The number of rotatable bonds is 4. The van der Waals surface area contributed by atoms with E-state index in [4.69, 9.17) is 4.74 Å². The van der Waals surface area contributed by atoms with Crippen LogP contribution in [0.5, 0.6) is 0 Å². The third-order valence-electron chi connectivity index (χ3n) is 3.39. The fourth-order valence-electron chi connectivity index (χ4n) is 2.20. The Hall–Kier alpha value is -2.70. The van der Waals surface area contributed by atoms with E-state index >= 15 is 0 Å². The summed E-state index contributed by atoms with van der Waals surface area (Å²) in [4.78, 5) is 21.5. The van der Waals surface area contributed by atoms with E-state index in [1.165, 1.54) is 17.0 Å². The summed E-state index contributed by atoms with van der Waals surface area (Å²) in [6, 6.07) is 7.78. The van der Waals surface area contributed by atoms with Crippen LogP contribution in [0.25, 0.3) is 0 Å². The normalized spacial score (nSPS) is 15.5. The molecule has 1 saturated heterocycles. The molecule has 2 aromatic rings. The number of carbonyl (C=O) groups excluding carboxylic acids is 1. The molecule has 1 aliphatic rings. The van der Waals surface area contributed by atoms with Gasteiger partial charge in [-0.15, -0.1) is 0 Å². The van der Waals surface area contributed by atoms with Crippen LogP contribution in [-0.4, -0.2) is 29.2 Å². The van der Waals surface area contributed by atoms with Crippen LogP contribution in [0.4, 0.5) is 21.0 Å². The molecule has 6 nitrogen and oxygen atoms in total. The van der Waals surface area contributed by atoms with E-state index in [-0.39, 0.29) is 11.9 Å². The van der Waals surface area contributed by atoms with Crippen molar-refractivity contribution in [3.05, 3.63) is 47.9 Å². The molecular formula is C15H15FN4O2. The summed E-state index contributed by atoms with van der Waals surface area (Å²) in [5.74, 6) is 0.613. The molecule has 2 heterocycles. The summed E-state index contributed by atoms with van der Waals surface area (Å²) >= 11 is 0. The maximum Gasteiger partial charge on any atom is 0.415 e. The summed E-state index contributed by atoms with van der Waals surface area (Å²) in [6.07, 6.45) is 1.17. The Bertz CT molecular complexity index is 677. The first-order valence-corrected chi connectivity index (χ1v) is 6.93. The minimum Gasteiger partial charge on any atom is -0.447 e. The first-order valence-electron chi connectivity index (χ1n) is 6.93. The lowest BCUT2D eigenvalue weighted by Crippen LogP contribution is -2.25. The van der Waals surface area contributed by atoms with Gasteiger partial charge in [0.15, 0.2) is 0 Å². The molecule has 22 heavy (non-hydrogen) atoms. The Morgan fingerprint density at radius 3 is 2.77 bits per heavy atom. The topological polar surface area (TPSA) is 67.3 Å². The number of cyclic esters (lactones) is 1. The number of aromatic nitrogens is 2. The molecule has 1 N–H and O–H groups in total. The van der Waals surface area contributed by atoms with Gasteiger partial charge in [0.1, 0.15) is 18.2 Å². The quantitative estimate of drug-likeness (QED) is 0.940. The molecule has 0 unspecified atom stereocenters. The highest BCUT2D eigenvalue weighted by atomic mass is 19.1. The number of hydrogen-bond acceptors (Lipinski definition) is 5. The standard InChI is InChI=1S/C15H15FN4O2/c1-10(11-2-4-12(16)5-3-11)18-14-17-7-6-13(19-14)20-8-9-22-15(20)21/h2-7,10H,8-9H2,1H3,(H,17,18,19)/t10-/m0/s1. The Morgan fingerprint density at radius 2 is 2.09 bits per heavy atom. The molecule has 1 amide bonds. The lowest BCUT2D eigenvalue weighted by Gasteiger charge is -2.16. The van der Waals surface area contributed by atoms with Gasteiger partial charge >= 0.3 is 6.09 Å². The monoisotopic (exact) mass is 302 g/mol. The van der Waals surface area contributed by atoms with Crippen LogP contribution >= 0.6 is 0 Å². The van der Waals surface area contributed by atoms with Gasteiger partial charge in [-0.3, -0.25) is 4.90 Å². The van der Waals surface area contributed by atoms with Gasteiger partial charge in [0.2, 0.25) is 5.95 Å². The summed E-state index contributed by atoms with van der Waals surface area (Å²) in [7, 11) is 0. The number of carbonyl (C=O) groups is 1. The van der Waals surface area contributed by atoms with Crippen molar-refractivity contribution in [2.45, 2.75) is 13.0 Å². The van der Waals surface area contributed by atoms with Gasteiger partial charge in [0, 0.05) is 6.20 Å². The van der Waals surface area contributed by atoms with Crippen molar-refractivity contribution in [1.29, 1.82) is 0 Å². The van der Waals surface area contributed by atoms with E-state index in [9.17, 15) is 9.18 Å². The van der Waals surface area contributed by atoms with Crippen molar-refractivity contribution in [3.63, 3.8) is 0 Å². The van der Waals surface area contributed by atoms with Crippen molar-refractivity contribution in [2.75, 3.05) is 23.4 Å². The van der Waals surface area contributed by atoms with Gasteiger partial charge in [-0.25, -0.2) is 14.2 Å². The molecular weight excluding hydrogens is 287 g/mol. The molecule has 1 aromatic heterocycles. The van der Waals surface area contributed by atoms with E-state index in [1.807, 2.05) is 6.92 Å². The van der Waals surface area contributed by atoms with Gasteiger partial charge in [-0.2, -0.15) is 4.98 Å². The lowest BCUT2D eigenvalue weighted by atomic mass is 10.1. The number of ether oxygens (including phenoxy) is 1. The molecule has 1 fully saturated rings. The Balaban J connectivity index is 1.75. The van der Waals surface area contributed by atoms with Crippen molar-refractivity contribution in [1.82, 2.24) is 9.97 Å². The molecule has 0 bridgehead atoms. The number of halogens is 1. The van der Waals surface area contributed by atoms with E-state index in [0.29, 0.717) is 24.9 Å². The van der Waals surface area contributed by atoms with E-state index in [0.717, 1.165) is 5.56 Å². The molecule has 0 spiro atoms. The summed E-state index contributed by atoms with van der Waals surface area (Å²) in [5.41, 5.74) is 0.913. The Kier molecular flexibility index (Phi) is 3.86. The molecule has 0 aliphatic carbocycles. The van der Waals surface area contributed by atoms with Crippen LogP contribution in [0.2, 0.25) is 0 Å². The van der Waals surface area contributed by atoms with E-state index < -0.39 is 6.09 Å². The highest BCUT2D eigenvalue weighted by Crippen LogP contribution is 2.20. The molecule has 7 heteroatoms. The zero-order valence-electron chi connectivity index (χ0n) is 12.0. The SMILES string of the molecule is C[C@H](Nc1nccc(N2CCOC2=O)n1)c1ccc(F)cc1. The Morgan fingerprint density at radius 1 is 1.32 bits per heavy atom. The van der Waals surface area contributed by atoms with Crippen LogP contribution in [0.15, 0.2) is 36.5 Å². The molecule has 0 radical (unpaired) electrons. The van der Waals surface area contributed by atoms with Gasteiger partial charge in [0.25, 0.3) is 0 Å². The molecule has 1 aromatic carbocycles. The van der Waals surface area contributed by atoms with Gasteiger partial charge in [-0.05, 0) is 30.7 Å². The smallest absolute Gasteiger partial charge is 0.415 e. The zero-order chi connectivity index (χ0) is 15.5.